The van der Waals surface area contributed by atoms with E-state index in [1.54, 1.807) is 14.2 Å². The lowest BCUT2D eigenvalue weighted by Crippen LogP contribution is -2.16. The van der Waals surface area contributed by atoms with Crippen LogP contribution < -0.4 is 0 Å². The molecular weight excluding hydrogens is 256 g/mol. The molecule has 0 saturated carbocycles. The topological polar surface area (TPSA) is 27.7 Å². The summed E-state index contributed by atoms with van der Waals surface area (Å²) in [5.41, 5.74) is 2.52. The molecule has 0 bridgehead atoms. The Morgan fingerprint density at radius 1 is 1.32 bits per heavy atom. The Hall–Kier alpha value is -0.943. The highest BCUT2D eigenvalue weighted by molar-refractivity contribution is 6.27. The van der Waals surface area contributed by atoms with Crippen LogP contribution in [0.4, 0.5) is 0 Å². The molecule has 0 aromatic heterocycles. The van der Waals surface area contributed by atoms with Gasteiger partial charge < -0.3 is 13.9 Å². The van der Waals surface area contributed by atoms with Crippen molar-refractivity contribution in [3.63, 3.8) is 0 Å². The number of aryl methyl sites for hydroxylation is 1. The lowest BCUT2D eigenvalue weighted by Gasteiger charge is -2.12. The van der Waals surface area contributed by atoms with Gasteiger partial charge in [-0.1, -0.05) is 36.9 Å². The highest BCUT2D eigenvalue weighted by atomic mass is 28.2. The minimum absolute atomic E-state index is 0.101. The van der Waals surface area contributed by atoms with Crippen LogP contribution in [0.5, 0.6) is 0 Å². The standard InChI is InChI=1S/C15H24O3Si/c1-4-13-7-5-8-14(11-13)9-6-10-18-19-12-15(16-2)17-3/h4-5,7-8,11,15H,1,6,9-10,12,19H2,2-3H3. The first-order chi connectivity index (χ1) is 9.30. The third-order valence-corrected chi connectivity index (χ3v) is 4.25. The van der Waals surface area contributed by atoms with Crippen LogP contribution in [0.3, 0.4) is 0 Å². The second-order valence-electron chi connectivity index (χ2n) is 4.35. The fourth-order valence-electron chi connectivity index (χ4n) is 1.87. The van der Waals surface area contributed by atoms with Crippen LogP contribution in [0.1, 0.15) is 17.5 Å². The summed E-state index contributed by atoms with van der Waals surface area (Å²) in [6.07, 6.45) is 3.88. The van der Waals surface area contributed by atoms with Gasteiger partial charge in [-0.15, -0.1) is 0 Å². The maximum atomic E-state index is 5.70. The first-order valence-corrected chi connectivity index (χ1v) is 8.22. The monoisotopic (exact) mass is 280 g/mol. The molecular formula is C15H24O3Si. The van der Waals surface area contributed by atoms with E-state index in [9.17, 15) is 0 Å². The molecule has 4 heteroatoms. The molecule has 0 aliphatic heterocycles. The normalized spacial score (nSPS) is 11.5. The zero-order valence-electron chi connectivity index (χ0n) is 11.9. The fraction of sp³-hybridized carbons (Fsp3) is 0.467. The van der Waals surface area contributed by atoms with Crippen molar-refractivity contribution in [1.82, 2.24) is 0 Å². The summed E-state index contributed by atoms with van der Waals surface area (Å²) >= 11 is 0. The Morgan fingerprint density at radius 2 is 2.11 bits per heavy atom. The van der Waals surface area contributed by atoms with Gasteiger partial charge in [0.2, 0.25) is 0 Å². The molecule has 0 heterocycles. The van der Waals surface area contributed by atoms with Gasteiger partial charge in [-0.25, -0.2) is 0 Å². The number of rotatable bonds is 10. The highest BCUT2D eigenvalue weighted by Gasteiger charge is 2.04. The minimum atomic E-state index is -0.537. The number of hydrogen-bond acceptors (Lipinski definition) is 3. The largest absolute Gasteiger partial charge is 0.424 e. The van der Waals surface area contributed by atoms with Gasteiger partial charge in [-0.3, -0.25) is 0 Å². The molecule has 0 aliphatic carbocycles. The number of methoxy groups -OCH3 is 2. The number of hydrogen-bond donors (Lipinski definition) is 0. The van der Waals surface area contributed by atoms with Crippen molar-refractivity contribution in [2.45, 2.75) is 25.2 Å². The van der Waals surface area contributed by atoms with E-state index in [4.69, 9.17) is 13.9 Å². The first-order valence-electron chi connectivity index (χ1n) is 6.65. The van der Waals surface area contributed by atoms with Crippen LogP contribution in [-0.2, 0) is 20.3 Å². The highest BCUT2D eigenvalue weighted by Crippen LogP contribution is 2.08. The molecule has 0 spiro atoms. The van der Waals surface area contributed by atoms with Crippen molar-refractivity contribution < 1.29 is 13.9 Å². The van der Waals surface area contributed by atoms with Gasteiger partial charge >= 0.3 is 0 Å². The van der Waals surface area contributed by atoms with Crippen LogP contribution >= 0.6 is 0 Å². The van der Waals surface area contributed by atoms with Crippen molar-refractivity contribution in [1.29, 1.82) is 0 Å². The molecule has 0 amide bonds. The predicted octanol–water partition coefficient (Wildman–Crippen LogP) is 2.40. The van der Waals surface area contributed by atoms with Gasteiger partial charge in [0.25, 0.3) is 0 Å². The zero-order chi connectivity index (χ0) is 13.9. The maximum absolute atomic E-state index is 5.70. The molecule has 1 rings (SSSR count). The number of benzene rings is 1. The minimum Gasteiger partial charge on any atom is -0.424 e. The van der Waals surface area contributed by atoms with Crippen molar-refractivity contribution in [2.24, 2.45) is 0 Å². The second kappa shape index (κ2) is 9.92. The Kier molecular flexibility index (Phi) is 8.41. The van der Waals surface area contributed by atoms with E-state index in [1.807, 2.05) is 6.08 Å². The lowest BCUT2D eigenvalue weighted by molar-refractivity contribution is -0.0888. The number of ether oxygens (including phenoxy) is 2. The molecule has 19 heavy (non-hydrogen) atoms. The third kappa shape index (κ3) is 6.68. The first kappa shape index (κ1) is 16.1. The van der Waals surface area contributed by atoms with Crippen molar-refractivity contribution in [2.75, 3.05) is 20.8 Å². The average molecular weight is 280 g/mol. The van der Waals surface area contributed by atoms with E-state index in [0.717, 1.165) is 25.5 Å². The van der Waals surface area contributed by atoms with E-state index in [1.165, 1.54) is 11.1 Å². The van der Waals surface area contributed by atoms with Gasteiger partial charge in [-0.05, 0) is 24.0 Å². The smallest absolute Gasteiger partial charge is 0.166 e. The Bertz CT molecular complexity index is 364. The SMILES string of the molecule is C=Cc1cccc(CCCO[SiH2]CC(OC)OC)c1. The molecule has 1 aromatic carbocycles. The van der Waals surface area contributed by atoms with Gasteiger partial charge in [-0.2, -0.15) is 0 Å². The summed E-state index contributed by atoms with van der Waals surface area (Å²) in [6, 6.07) is 9.37. The van der Waals surface area contributed by atoms with Crippen molar-refractivity contribution in [3.05, 3.63) is 42.0 Å². The van der Waals surface area contributed by atoms with Crippen LogP contribution in [0.15, 0.2) is 30.8 Å². The third-order valence-electron chi connectivity index (χ3n) is 2.96. The molecule has 0 fully saturated rings. The van der Waals surface area contributed by atoms with E-state index in [-0.39, 0.29) is 6.29 Å². The molecule has 106 valence electrons. The maximum Gasteiger partial charge on any atom is 0.166 e. The Labute approximate surface area is 118 Å². The molecule has 0 radical (unpaired) electrons. The van der Waals surface area contributed by atoms with Crippen LogP contribution in [-0.4, -0.2) is 36.9 Å². The molecule has 0 atom stereocenters. The molecule has 0 saturated heterocycles. The summed E-state index contributed by atoms with van der Waals surface area (Å²) in [7, 11) is 2.79. The summed E-state index contributed by atoms with van der Waals surface area (Å²) < 4.78 is 16.0. The van der Waals surface area contributed by atoms with E-state index in [2.05, 4.69) is 30.8 Å². The van der Waals surface area contributed by atoms with Gasteiger partial charge in [0, 0.05) is 26.9 Å². The lowest BCUT2D eigenvalue weighted by atomic mass is 10.1. The van der Waals surface area contributed by atoms with Crippen molar-refractivity contribution >= 4 is 15.8 Å². The van der Waals surface area contributed by atoms with Crippen molar-refractivity contribution in [3.8, 4) is 0 Å². The van der Waals surface area contributed by atoms with E-state index in [0.29, 0.717) is 0 Å². The fourth-order valence-corrected chi connectivity index (χ4v) is 3.11. The molecule has 3 nitrogen and oxygen atoms in total. The Balaban J connectivity index is 2.12. The Morgan fingerprint density at radius 3 is 2.79 bits per heavy atom. The molecule has 0 aliphatic rings. The molecule has 0 N–H and O–H groups in total. The van der Waals surface area contributed by atoms with Gasteiger partial charge in [0.05, 0.1) is 0 Å². The molecule has 0 unspecified atom stereocenters. The summed E-state index contributed by atoms with van der Waals surface area (Å²) in [5.74, 6) is 0. The zero-order valence-corrected chi connectivity index (χ0v) is 13.3. The van der Waals surface area contributed by atoms with Crippen LogP contribution in [0.2, 0.25) is 6.04 Å². The molecule has 1 aromatic rings. The van der Waals surface area contributed by atoms with Gasteiger partial charge in [0.1, 0.15) is 0 Å². The second-order valence-corrected chi connectivity index (χ2v) is 5.75. The average Bonchev–Trinajstić information content (AvgIpc) is 2.47. The van der Waals surface area contributed by atoms with E-state index >= 15 is 0 Å². The van der Waals surface area contributed by atoms with Crippen LogP contribution in [0, 0.1) is 0 Å². The quantitative estimate of drug-likeness (QED) is 0.374. The summed E-state index contributed by atoms with van der Waals surface area (Å²) in [6.45, 7) is 4.61. The summed E-state index contributed by atoms with van der Waals surface area (Å²) in [5, 5.41) is 0. The summed E-state index contributed by atoms with van der Waals surface area (Å²) in [4.78, 5) is 0. The predicted molar refractivity (Wildman–Crippen MR) is 82.0 cm³/mol. The van der Waals surface area contributed by atoms with Gasteiger partial charge in [0.15, 0.2) is 16.1 Å². The van der Waals surface area contributed by atoms with E-state index < -0.39 is 9.76 Å². The van der Waals surface area contributed by atoms with Crippen LogP contribution in [0.25, 0.3) is 6.08 Å².